The number of carbonyl (C=O) groups excluding carboxylic acids is 1. The van der Waals surface area contributed by atoms with E-state index in [4.69, 9.17) is 9.90 Å². The van der Waals surface area contributed by atoms with E-state index in [9.17, 15) is 32.3 Å². The molecule has 4 aromatic rings. The molecular weight excluding hydrogens is 500 g/mol. The second kappa shape index (κ2) is 9.68. The van der Waals surface area contributed by atoms with Gasteiger partial charge in [0.2, 0.25) is 0 Å². The number of nitrogens with one attached hydrogen (secondary N) is 1. The van der Waals surface area contributed by atoms with Gasteiger partial charge in [-0.25, -0.2) is 23.7 Å². The molecule has 3 heterocycles. The van der Waals surface area contributed by atoms with Crippen molar-refractivity contribution in [2.45, 2.75) is 18.6 Å². The normalized spacial score (nSPS) is 14.5. The van der Waals surface area contributed by atoms with Gasteiger partial charge in [-0.2, -0.15) is 13.2 Å². The molecule has 0 bridgehead atoms. The summed E-state index contributed by atoms with van der Waals surface area (Å²) < 4.78 is 46.9. The molecule has 0 aliphatic carbocycles. The van der Waals surface area contributed by atoms with Crippen LogP contribution in [0.3, 0.4) is 0 Å². The van der Waals surface area contributed by atoms with Crippen molar-refractivity contribution in [1.82, 2.24) is 19.9 Å². The number of carboxylic acid groups (broad SMARTS) is 1. The fourth-order valence-electron chi connectivity index (χ4n) is 3.68. The molecule has 1 amide bonds. The van der Waals surface area contributed by atoms with Crippen LogP contribution in [0.15, 0.2) is 65.6 Å². The van der Waals surface area contributed by atoms with Gasteiger partial charge in [-0.05, 0) is 48.4 Å². The number of rotatable bonds is 2. The van der Waals surface area contributed by atoms with E-state index in [1.165, 1.54) is 29.0 Å². The summed E-state index contributed by atoms with van der Waals surface area (Å²) in [6.07, 6.45) is -3.27. The quantitative estimate of drug-likeness (QED) is 0.348. The molecule has 0 saturated heterocycles. The van der Waals surface area contributed by atoms with E-state index in [0.717, 1.165) is 5.56 Å². The van der Waals surface area contributed by atoms with Crippen LogP contribution >= 0.6 is 0 Å². The van der Waals surface area contributed by atoms with Crippen LogP contribution in [-0.2, 0) is 11.2 Å². The Hall–Kier alpha value is -4.81. The number of phenols is 1. The minimum Gasteiger partial charge on any atom is -0.508 e. The Kier molecular flexibility index (Phi) is 6.62. The van der Waals surface area contributed by atoms with Crippen molar-refractivity contribution in [2.75, 3.05) is 0 Å². The lowest BCUT2D eigenvalue weighted by molar-refractivity contribution is -0.192. The third kappa shape index (κ3) is 5.24. The molecule has 13 heteroatoms. The van der Waals surface area contributed by atoms with Gasteiger partial charge in [0.05, 0.1) is 22.5 Å². The average Bonchev–Trinajstić information content (AvgIpc) is 2.95. The van der Waals surface area contributed by atoms with Crippen molar-refractivity contribution in [3.05, 3.63) is 93.9 Å². The predicted molar refractivity (Wildman–Crippen MR) is 121 cm³/mol. The molecule has 190 valence electrons. The second-order valence-electron chi connectivity index (χ2n) is 7.85. The van der Waals surface area contributed by atoms with Gasteiger partial charge in [0.15, 0.2) is 5.82 Å². The summed E-state index contributed by atoms with van der Waals surface area (Å²) in [5.41, 5.74) is 0.840. The predicted octanol–water partition coefficient (Wildman–Crippen LogP) is 3.29. The number of phenolic OH excluding ortho intramolecular Hbond substituents is 1. The summed E-state index contributed by atoms with van der Waals surface area (Å²) in [6, 6.07) is 12.8. The number of aromatic hydroxyl groups is 1. The first-order chi connectivity index (χ1) is 17.5. The number of pyridine rings is 1. The van der Waals surface area contributed by atoms with Crippen molar-refractivity contribution >= 4 is 22.8 Å². The van der Waals surface area contributed by atoms with Crippen LogP contribution in [0, 0.1) is 5.82 Å². The zero-order chi connectivity index (χ0) is 26.9. The summed E-state index contributed by atoms with van der Waals surface area (Å²) in [5, 5.41) is 19.8. The Morgan fingerprint density at radius 2 is 1.76 bits per heavy atom. The van der Waals surface area contributed by atoms with Gasteiger partial charge in [0.1, 0.15) is 17.4 Å². The number of nitrogens with zero attached hydrogens (tertiary/aromatic N) is 3. The van der Waals surface area contributed by atoms with Crippen LogP contribution in [0.4, 0.5) is 17.6 Å². The second-order valence-corrected chi connectivity index (χ2v) is 7.85. The number of carboxylic acids is 1. The van der Waals surface area contributed by atoms with Crippen molar-refractivity contribution in [3.63, 3.8) is 0 Å². The average molecular weight is 516 g/mol. The summed E-state index contributed by atoms with van der Waals surface area (Å²) in [5.74, 6) is -3.09. The first kappa shape index (κ1) is 25.3. The molecule has 9 nitrogen and oxygen atoms in total. The van der Waals surface area contributed by atoms with Gasteiger partial charge in [-0.3, -0.25) is 9.59 Å². The van der Waals surface area contributed by atoms with E-state index >= 15 is 0 Å². The van der Waals surface area contributed by atoms with Gasteiger partial charge < -0.3 is 15.5 Å². The number of aromatic nitrogens is 3. The zero-order valence-corrected chi connectivity index (χ0v) is 18.5. The smallest absolute Gasteiger partial charge is 0.490 e. The van der Waals surface area contributed by atoms with Gasteiger partial charge in [-0.1, -0.05) is 12.1 Å². The topological polar surface area (TPSA) is 134 Å². The van der Waals surface area contributed by atoms with Crippen LogP contribution in [0.25, 0.3) is 16.7 Å². The Bertz CT molecular complexity index is 1570. The molecule has 2 aromatic heterocycles. The van der Waals surface area contributed by atoms with Gasteiger partial charge in [0, 0.05) is 12.3 Å². The summed E-state index contributed by atoms with van der Waals surface area (Å²) in [7, 11) is 0. The van der Waals surface area contributed by atoms with Gasteiger partial charge in [0.25, 0.3) is 11.5 Å². The molecule has 1 aliphatic rings. The van der Waals surface area contributed by atoms with Crippen LogP contribution in [0.1, 0.15) is 27.8 Å². The maximum absolute atomic E-state index is 13.8. The van der Waals surface area contributed by atoms with Crippen LogP contribution in [-0.4, -0.2) is 42.8 Å². The molecule has 0 fully saturated rings. The number of fused-ring (bicyclic) bond motifs is 4. The Morgan fingerprint density at radius 3 is 2.41 bits per heavy atom. The fourth-order valence-corrected chi connectivity index (χ4v) is 3.68. The first-order valence-electron chi connectivity index (χ1n) is 10.5. The molecule has 3 N–H and O–H groups in total. The molecule has 5 rings (SSSR count). The van der Waals surface area contributed by atoms with E-state index in [-0.39, 0.29) is 39.8 Å². The highest BCUT2D eigenvalue weighted by Gasteiger charge is 2.38. The molecule has 1 unspecified atom stereocenters. The molecule has 1 atom stereocenters. The molecule has 2 aromatic carbocycles. The number of carbonyl (C=O) groups is 2. The summed E-state index contributed by atoms with van der Waals surface area (Å²) >= 11 is 0. The highest BCUT2D eigenvalue weighted by Crippen LogP contribution is 2.26. The molecular formula is C24H16F4N4O5. The number of amides is 1. The Balaban J connectivity index is 0.000000405. The zero-order valence-electron chi connectivity index (χ0n) is 18.5. The Labute approximate surface area is 204 Å². The van der Waals surface area contributed by atoms with Crippen molar-refractivity contribution in [1.29, 1.82) is 0 Å². The lowest BCUT2D eigenvalue weighted by Crippen LogP contribution is -2.32. The number of alkyl halides is 3. The molecule has 0 radical (unpaired) electrons. The largest absolute Gasteiger partial charge is 0.508 e. The number of halogens is 4. The number of benzene rings is 2. The maximum atomic E-state index is 13.8. The highest BCUT2D eigenvalue weighted by molar-refractivity contribution is 5.98. The first-order valence-corrected chi connectivity index (χ1v) is 10.5. The van der Waals surface area contributed by atoms with Crippen molar-refractivity contribution in [2.24, 2.45) is 0 Å². The number of aliphatic carboxylic acids is 1. The minimum atomic E-state index is -5.08. The molecule has 37 heavy (non-hydrogen) atoms. The molecule has 1 aliphatic heterocycles. The van der Waals surface area contributed by atoms with E-state index < -0.39 is 29.6 Å². The van der Waals surface area contributed by atoms with E-state index in [2.05, 4.69) is 15.3 Å². The molecule has 0 saturated carbocycles. The third-order valence-electron chi connectivity index (χ3n) is 5.34. The van der Waals surface area contributed by atoms with Crippen molar-refractivity contribution in [3.8, 4) is 11.6 Å². The van der Waals surface area contributed by atoms with E-state index in [1.54, 1.807) is 36.4 Å². The third-order valence-corrected chi connectivity index (χ3v) is 5.34. The number of hydrogen-bond acceptors (Lipinski definition) is 6. The highest BCUT2D eigenvalue weighted by atomic mass is 19.4. The standard InChI is InChI=1S/C22H15FN4O3.C2HF3O2/c23-13-5-8-15-17(11-13)25-20-18(10-12-3-6-14(28)7-4-12)26-21(29)16-2-1-9-24-19(16)27(20)22(15)30;3-2(4,5)1(6)7/h1-9,11,18,28H,10H2,(H,26,29);(H,6,7). The maximum Gasteiger partial charge on any atom is 0.490 e. The monoisotopic (exact) mass is 516 g/mol. The van der Waals surface area contributed by atoms with E-state index in [0.29, 0.717) is 6.42 Å². The fraction of sp³-hybridized carbons (Fsp3) is 0.125. The van der Waals surface area contributed by atoms with Gasteiger partial charge in [-0.15, -0.1) is 0 Å². The summed E-state index contributed by atoms with van der Waals surface area (Å²) in [6.45, 7) is 0. The van der Waals surface area contributed by atoms with E-state index in [1.807, 2.05) is 0 Å². The van der Waals surface area contributed by atoms with Crippen LogP contribution < -0.4 is 10.9 Å². The Morgan fingerprint density at radius 1 is 1.08 bits per heavy atom. The summed E-state index contributed by atoms with van der Waals surface area (Å²) in [4.78, 5) is 43.9. The lowest BCUT2D eigenvalue weighted by Gasteiger charge is -2.19. The van der Waals surface area contributed by atoms with Crippen LogP contribution in [0.5, 0.6) is 5.75 Å². The lowest BCUT2D eigenvalue weighted by atomic mass is 10.0. The SMILES string of the molecule is O=C(O)C(F)(F)F.O=C1NC(Cc2ccc(O)cc2)c2nc3cc(F)ccc3c(=O)n2-c2ncccc21. The van der Waals surface area contributed by atoms with Gasteiger partial charge >= 0.3 is 12.1 Å². The van der Waals surface area contributed by atoms with Crippen LogP contribution in [0.2, 0.25) is 0 Å². The minimum absolute atomic E-state index is 0.122. The van der Waals surface area contributed by atoms with Crippen molar-refractivity contribution < 1.29 is 37.4 Å². The molecule has 0 spiro atoms. The number of hydrogen-bond donors (Lipinski definition) is 3.